The normalized spacial score (nSPS) is 14.6. The molecule has 1 aromatic heterocycles. The SMILES string of the molecule is CC(Oc1nc(CNC(C)(C)C)co1)C(F)(F)F. The first-order valence-electron chi connectivity index (χ1n) is 5.51. The van der Waals surface area contributed by atoms with Gasteiger partial charge in [-0.05, 0) is 27.7 Å². The summed E-state index contributed by atoms with van der Waals surface area (Å²) >= 11 is 0. The van der Waals surface area contributed by atoms with E-state index in [1.165, 1.54) is 6.26 Å². The van der Waals surface area contributed by atoms with Crippen LogP contribution in [0.25, 0.3) is 0 Å². The lowest BCUT2D eigenvalue weighted by molar-refractivity contribution is -0.193. The molecule has 7 heteroatoms. The van der Waals surface area contributed by atoms with E-state index in [9.17, 15) is 13.2 Å². The molecular weight excluding hydrogens is 249 g/mol. The number of halogens is 3. The number of aromatic nitrogens is 1. The Labute approximate surface area is 104 Å². The molecule has 1 aromatic rings. The second kappa shape index (κ2) is 5.17. The Morgan fingerprint density at radius 1 is 1.39 bits per heavy atom. The zero-order chi connectivity index (χ0) is 14.0. The summed E-state index contributed by atoms with van der Waals surface area (Å²) in [6, 6.07) is 0. The third-order valence-corrected chi connectivity index (χ3v) is 2.07. The van der Waals surface area contributed by atoms with Crippen LogP contribution >= 0.6 is 0 Å². The van der Waals surface area contributed by atoms with Crippen LogP contribution in [0.1, 0.15) is 33.4 Å². The van der Waals surface area contributed by atoms with Crippen LogP contribution in [0.3, 0.4) is 0 Å². The van der Waals surface area contributed by atoms with Crippen LogP contribution in [0.5, 0.6) is 6.08 Å². The molecule has 0 aliphatic carbocycles. The van der Waals surface area contributed by atoms with Crippen LogP contribution in [0, 0.1) is 0 Å². The molecule has 0 saturated carbocycles. The maximum atomic E-state index is 12.2. The van der Waals surface area contributed by atoms with Gasteiger partial charge in [0.2, 0.25) is 0 Å². The van der Waals surface area contributed by atoms with Gasteiger partial charge in [0, 0.05) is 12.1 Å². The first-order chi connectivity index (χ1) is 8.08. The van der Waals surface area contributed by atoms with Crippen molar-refractivity contribution in [1.82, 2.24) is 10.3 Å². The van der Waals surface area contributed by atoms with Crippen molar-refractivity contribution in [2.24, 2.45) is 0 Å². The lowest BCUT2D eigenvalue weighted by atomic mass is 10.1. The highest BCUT2D eigenvalue weighted by Gasteiger charge is 2.39. The largest absolute Gasteiger partial charge is 0.437 e. The van der Waals surface area contributed by atoms with Gasteiger partial charge in [-0.3, -0.25) is 0 Å². The molecule has 1 rings (SSSR count). The first kappa shape index (κ1) is 14.8. The number of hydrogen-bond donors (Lipinski definition) is 1. The number of nitrogens with zero attached hydrogens (tertiary/aromatic N) is 1. The highest BCUT2D eigenvalue weighted by atomic mass is 19.4. The molecule has 1 unspecified atom stereocenters. The number of alkyl halides is 3. The van der Waals surface area contributed by atoms with E-state index in [2.05, 4.69) is 15.0 Å². The van der Waals surface area contributed by atoms with Gasteiger partial charge in [-0.25, -0.2) is 0 Å². The van der Waals surface area contributed by atoms with Crippen molar-refractivity contribution in [2.75, 3.05) is 0 Å². The maximum Gasteiger partial charge on any atom is 0.425 e. The molecule has 0 fully saturated rings. The van der Waals surface area contributed by atoms with Crippen LogP contribution in [0.15, 0.2) is 10.7 Å². The highest BCUT2D eigenvalue weighted by molar-refractivity contribution is 5.00. The number of nitrogens with one attached hydrogen (secondary N) is 1. The summed E-state index contributed by atoms with van der Waals surface area (Å²) in [7, 11) is 0. The molecule has 0 aliphatic rings. The summed E-state index contributed by atoms with van der Waals surface area (Å²) < 4.78 is 46.1. The molecule has 0 amide bonds. The van der Waals surface area contributed by atoms with E-state index in [-0.39, 0.29) is 11.6 Å². The molecule has 0 radical (unpaired) electrons. The second-order valence-electron chi connectivity index (χ2n) is 5.01. The topological polar surface area (TPSA) is 47.3 Å². The summed E-state index contributed by atoms with van der Waals surface area (Å²) in [5.74, 6) is 0. The van der Waals surface area contributed by atoms with Crippen molar-refractivity contribution >= 4 is 0 Å². The summed E-state index contributed by atoms with van der Waals surface area (Å²) in [5, 5.41) is 3.13. The number of ether oxygens (including phenoxy) is 1. The van der Waals surface area contributed by atoms with E-state index in [1.807, 2.05) is 20.8 Å². The molecule has 18 heavy (non-hydrogen) atoms. The van der Waals surface area contributed by atoms with Gasteiger partial charge < -0.3 is 14.5 Å². The first-order valence-corrected chi connectivity index (χ1v) is 5.51. The maximum absolute atomic E-state index is 12.2. The predicted octanol–water partition coefficient (Wildman–Crippen LogP) is 2.89. The molecule has 0 saturated heterocycles. The molecular formula is C11H17F3N2O2. The van der Waals surface area contributed by atoms with Crippen LogP contribution in [0.4, 0.5) is 13.2 Å². The van der Waals surface area contributed by atoms with Crippen molar-refractivity contribution < 1.29 is 22.3 Å². The number of hydrogen-bond acceptors (Lipinski definition) is 4. The zero-order valence-corrected chi connectivity index (χ0v) is 10.8. The summed E-state index contributed by atoms with van der Waals surface area (Å²) in [5.41, 5.74) is 0.383. The van der Waals surface area contributed by atoms with E-state index >= 15 is 0 Å². The Morgan fingerprint density at radius 2 is 2.00 bits per heavy atom. The summed E-state index contributed by atoms with van der Waals surface area (Å²) in [6.07, 6.45) is -5.47. The Morgan fingerprint density at radius 3 is 2.50 bits per heavy atom. The average molecular weight is 266 g/mol. The highest BCUT2D eigenvalue weighted by Crippen LogP contribution is 2.24. The smallest absolute Gasteiger partial charge is 0.425 e. The van der Waals surface area contributed by atoms with Gasteiger partial charge in [0.25, 0.3) is 0 Å². The van der Waals surface area contributed by atoms with Gasteiger partial charge in [0.1, 0.15) is 6.26 Å². The third-order valence-electron chi connectivity index (χ3n) is 2.07. The van der Waals surface area contributed by atoms with Crippen LogP contribution in [-0.4, -0.2) is 22.8 Å². The van der Waals surface area contributed by atoms with E-state index in [0.29, 0.717) is 12.2 Å². The van der Waals surface area contributed by atoms with Gasteiger partial charge in [-0.1, -0.05) is 0 Å². The Kier molecular flexibility index (Phi) is 4.26. The van der Waals surface area contributed by atoms with Crippen molar-refractivity contribution in [2.45, 2.75) is 52.1 Å². The Hall–Kier alpha value is -1.24. The standard InChI is InChI=1S/C11H17F3N2O2/c1-7(11(12,13)14)18-9-16-8(6-17-9)5-15-10(2,3)4/h6-7,15H,5H2,1-4H3. The van der Waals surface area contributed by atoms with Crippen molar-refractivity contribution in [1.29, 1.82) is 0 Å². The van der Waals surface area contributed by atoms with Crippen LogP contribution < -0.4 is 10.1 Å². The minimum atomic E-state index is -4.43. The third kappa shape index (κ3) is 4.95. The van der Waals surface area contributed by atoms with Gasteiger partial charge in [-0.15, -0.1) is 0 Å². The molecule has 104 valence electrons. The Balaban J connectivity index is 2.54. The summed E-state index contributed by atoms with van der Waals surface area (Å²) in [4.78, 5) is 3.82. The molecule has 0 spiro atoms. The molecule has 0 bridgehead atoms. The zero-order valence-electron chi connectivity index (χ0n) is 10.8. The van der Waals surface area contributed by atoms with Gasteiger partial charge >= 0.3 is 12.3 Å². The molecule has 4 nitrogen and oxygen atoms in total. The van der Waals surface area contributed by atoms with Crippen LogP contribution in [0.2, 0.25) is 0 Å². The Bertz CT molecular complexity index is 382. The van der Waals surface area contributed by atoms with E-state index in [4.69, 9.17) is 4.42 Å². The lowest BCUT2D eigenvalue weighted by Crippen LogP contribution is -2.35. The van der Waals surface area contributed by atoms with E-state index in [0.717, 1.165) is 6.92 Å². The monoisotopic (exact) mass is 266 g/mol. The quantitative estimate of drug-likeness (QED) is 0.910. The number of rotatable bonds is 4. The van der Waals surface area contributed by atoms with Crippen molar-refractivity contribution in [3.8, 4) is 6.08 Å². The molecule has 0 aliphatic heterocycles. The molecule has 0 aromatic carbocycles. The van der Waals surface area contributed by atoms with Crippen molar-refractivity contribution in [3.63, 3.8) is 0 Å². The average Bonchev–Trinajstić information content (AvgIpc) is 2.60. The fourth-order valence-electron chi connectivity index (χ4n) is 0.997. The van der Waals surface area contributed by atoms with Crippen molar-refractivity contribution in [3.05, 3.63) is 12.0 Å². The molecule has 1 N–H and O–H groups in total. The van der Waals surface area contributed by atoms with Crippen LogP contribution in [-0.2, 0) is 6.54 Å². The van der Waals surface area contributed by atoms with Gasteiger partial charge in [0.15, 0.2) is 6.10 Å². The molecule has 1 atom stereocenters. The van der Waals surface area contributed by atoms with E-state index in [1.54, 1.807) is 0 Å². The summed E-state index contributed by atoms with van der Waals surface area (Å²) in [6.45, 7) is 7.21. The predicted molar refractivity (Wildman–Crippen MR) is 59.2 cm³/mol. The van der Waals surface area contributed by atoms with Gasteiger partial charge in [-0.2, -0.15) is 18.2 Å². The second-order valence-corrected chi connectivity index (χ2v) is 5.01. The minimum absolute atomic E-state index is 0.112. The van der Waals surface area contributed by atoms with Gasteiger partial charge in [0.05, 0.1) is 5.69 Å². The minimum Gasteiger partial charge on any atom is -0.437 e. The molecule has 1 heterocycles. The fraction of sp³-hybridized carbons (Fsp3) is 0.727. The number of oxazole rings is 1. The fourth-order valence-corrected chi connectivity index (χ4v) is 0.997. The van der Waals surface area contributed by atoms with E-state index < -0.39 is 12.3 Å². The lowest BCUT2D eigenvalue weighted by Gasteiger charge is -2.19.